The largest absolute Gasteiger partial charge is 0.325 e. The highest BCUT2D eigenvalue weighted by Crippen LogP contribution is 2.18. The van der Waals surface area contributed by atoms with E-state index in [2.05, 4.69) is 12.2 Å². The zero-order chi connectivity index (χ0) is 12.3. The van der Waals surface area contributed by atoms with Gasteiger partial charge in [0, 0.05) is 18.8 Å². The number of nitrogens with zero attached hydrogens (tertiary/aromatic N) is 1. The fraction of sp³-hybridized carbons (Fsp3) is 0.500. The summed E-state index contributed by atoms with van der Waals surface area (Å²) in [5.41, 5.74) is 2.02. The number of nitrogens with one attached hydrogen (secondary N) is 1. The summed E-state index contributed by atoms with van der Waals surface area (Å²) in [5, 5.41) is 2.98. The summed E-state index contributed by atoms with van der Waals surface area (Å²) in [7, 11) is 0. The van der Waals surface area contributed by atoms with Crippen molar-refractivity contribution in [2.75, 3.05) is 18.4 Å². The van der Waals surface area contributed by atoms with Crippen LogP contribution < -0.4 is 5.32 Å². The molecule has 1 N–H and O–H groups in total. The van der Waals surface area contributed by atoms with Gasteiger partial charge in [-0.3, -0.25) is 0 Å². The quantitative estimate of drug-likeness (QED) is 0.792. The van der Waals surface area contributed by atoms with E-state index in [-0.39, 0.29) is 6.03 Å². The average Bonchev–Trinajstić information content (AvgIpc) is 2.33. The third kappa shape index (κ3) is 2.99. The first-order chi connectivity index (χ1) is 8.16. The van der Waals surface area contributed by atoms with Crippen LogP contribution >= 0.6 is 0 Å². The Morgan fingerprint density at radius 2 is 1.94 bits per heavy atom. The highest BCUT2D eigenvalue weighted by molar-refractivity contribution is 5.90. The normalized spacial score (nSPS) is 16.9. The van der Waals surface area contributed by atoms with Crippen LogP contribution in [0.2, 0.25) is 0 Å². The summed E-state index contributed by atoms with van der Waals surface area (Å²) >= 11 is 0. The van der Waals surface area contributed by atoms with Crippen LogP contribution in [0.4, 0.5) is 10.5 Å². The predicted molar refractivity (Wildman–Crippen MR) is 70.2 cm³/mol. The number of para-hydroxylation sites is 1. The van der Waals surface area contributed by atoms with Crippen LogP contribution in [0.1, 0.15) is 25.3 Å². The van der Waals surface area contributed by atoms with E-state index < -0.39 is 0 Å². The maximum absolute atomic E-state index is 12.0. The summed E-state index contributed by atoms with van der Waals surface area (Å²) in [5.74, 6) is 0.748. The van der Waals surface area contributed by atoms with Gasteiger partial charge in [0.15, 0.2) is 0 Å². The second-order valence-corrected chi connectivity index (χ2v) is 4.91. The summed E-state index contributed by atoms with van der Waals surface area (Å²) in [6.45, 7) is 6.00. The number of hydrogen-bond acceptors (Lipinski definition) is 1. The number of likely N-dealkylation sites (tertiary alicyclic amines) is 1. The Morgan fingerprint density at radius 1 is 1.29 bits per heavy atom. The van der Waals surface area contributed by atoms with Gasteiger partial charge < -0.3 is 10.2 Å². The number of aryl methyl sites for hydroxylation is 1. The number of carbonyl (C=O) groups is 1. The standard InChI is InChI=1S/C14H20N2O/c1-11-7-9-16(10-8-11)14(17)15-13-6-4-3-5-12(13)2/h3-6,11H,7-10H2,1-2H3,(H,15,17). The fourth-order valence-corrected chi connectivity index (χ4v) is 2.12. The fourth-order valence-electron chi connectivity index (χ4n) is 2.12. The van der Waals surface area contributed by atoms with Gasteiger partial charge in [-0.2, -0.15) is 0 Å². The summed E-state index contributed by atoms with van der Waals surface area (Å²) < 4.78 is 0. The molecule has 0 bridgehead atoms. The Labute approximate surface area is 103 Å². The topological polar surface area (TPSA) is 32.3 Å². The van der Waals surface area contributed by atoms with E-state index in [1.54, 1.807) is 0 Å². The number of rotatable bonds is 1. The molecule has 1 aromatic rings. The molecule has 0 radical (unpaired) electrons. The van der Waals surface area contributed by atoms with Gasteiger partial charge in [0.25, 0.3) is 0 Å². The Hall–Kier alpha value is -1.51. The molecule has 2 amide bonds. The van der Waals surface area contributed by atoms with E-state index in [4.69, 9.17) is 0 Å². The van der Waals surface area contributed by atoms with Gasteiger partial charge in [-0.25, -0.2) is 4.79 Å². The number of urea groups is 1. The van der Waals surface area contributed by atoms with Gasteiger partial charge in [0.05, 0.1) is 0 Å². The van der Waals surface area contributed by atoms with Gasteiger partial charge in [-0.1, -0.05) is 25.1 Å². The third-order valence-electron chi connectivity index (χ3n) is 3.46. The number of piperidine rings is 1. The average molecular weight is 232 g/mol. The van der Waals surface area contributed by atoms with Gasteiger partial charge in [0.1, 0.15) is 0 Å². The SMILES string of the molecule is Cc1ccccc1NC(=O)N1CCC(C)CC1. The minimum absolute atomic E-state index is 0.0335. The molecule has 0 atom stereocenters. The van der Waals surface area contributed by atoms with Crippen molar-refractivity contribution in [1.29, 1.82) is 0 Å². The van der Waals surface area contributed by atoms with E-state index in [0.29, 0.717) is 0 Å². The molecule has 1 heterocycles. The molecule has 0 aliphatic carbocycles. The van der Waals surface area contributed by atoms with Crippen LogP contribution in [-0.4, -0.2) is 24.0 Å². The molecule has 0 saturated carbocycles. The molecule has 1 aliphatic rings. The molecule has 0 spiro atoms. The maximum atomic E-state index is 12.0. The number of hydrogen-bond donors (Lipinski definition) is 1. The number of benzene rings is 1. The lowest BCUT2D eigenvalue weighted by molar-refractivity contribution is 0.186. The highest BCUT2D eigenvalue weighted by Gasteiger charge is 2.20. The Bertz CT molecular complexity index is 395. The van der Waals surface area contributed by atoms with Crippen LogP contribution in [0.15, 0.2) is 24.3 Å². The molecule has 1 saturated heterocycles. The van der Waals surface area contributed by atoms with Crippen molar-refractivity contribution in [2.45, 2.75) is 26.7 Å². The molecule has 0 unspecified atom stereocenters. The van der Waals surface area contributed by atoms with Crippen molar-refractivity contribution in [3.8, 4) is 0 Å². The van der Waals surface area contributed by atoms with Crippen LogP contribution in [0, 0.1) is 12.8 Å². The van der Waals surface area contributed by atoms with Crippen molar-refractivity contribution in [2.24, 2.45) is 5.92 Å². The number of carbonyl (C=O) groups excluding carboxylic acids is 1. The zero-order valence-electron chi connectivity index (χ0n) is 10.6. The minimum Gasteiger partial charge on any atom is -0.325 e. The first-order valence-corrected chi connectivity index (χ1v) is 6.28. The van der Waals surface area contributed by atoms with Crippen LogP contribution in [-0.2, 0) is 0 Å². The maximum Gasteiger partial charge on any atom is 0.321 e. The summed E-state index contributed by atoms with van der Waals surface area (Å²) in [6, 6.07) is 7.91. The number of anilines is 1. The molecule has 3 heteroatoms. The van der Waals surface area contributed by atoms with Crippen LogP contribution in [0.25, 0.3) is 0 Å². The van der Waals surface area contributed by atoms with Gasteiger partial charge in [0.2, 0.25) is 0 Å². The smallest absolute Gasteiger partial charge is 0.321 e. The Kier molecular flexibility index (Phi) is 3.67. The van der Waals surface area contributed by atoms with Gasteiger partial charge in [-0.05, 0) is 37.3 Å². The predicted octanol–water partition coefficient (Wildman–Crippen LogP) is 3.26. The van der Waals surface area contributed by atoms with Crippen LogP contribution in [0.5, 0.6) is 0 Å². The lowest BCUT2D eigenvalue weighted by Gasteiger charge is -2.30. The first kappa shape index (κ1) is 12.0. The van der Waals surface area contributed by atoms with E-state index >= 15 is 0 Å². The van der Waals surface area contributed by atoms with E-state index in [1.807, 2.05) is 36.1 Å². The summed E-state index contributed by atoms with van der Waals surface area (Å²) in [6.07, 6.45) is 2.22. The zero-order valence-corrected chi connectivity index (χ0v) is 10.6. The second kappa shape index (κ2) is 5.21. The molecule has 1 aromatic carbocycles. The van der Waals surface area contributed by atoms with Crippen molar-refractivity contribution in [1.82, 2.24) is 4.90 Å². The third-order valence-corrected chi connectivity index (χ3v) is 3.46. The van der Waals surface area contributed by atoms with Gasteiger partial charge >= 0.3 is 6.03 Å². The monoisotopic (exact) mass is 232 g/mol. The second-order valence-electron chi connectivity index (χ2n) is 4.91. The minimum atomic E-state index is 0.0335. The number of amides is 2. The molecular weight excluding hydrogens is 212 g/mol. The van der Waals surface area contributed by atoms with Crippen molar-refractivity contribution in [3.63, 3.8) is 0 Å². The molecule has 1 aliphatic heterocycles. The first-order valence-electron chi connectivity index (χ1n) is 6.28. The van der Waals surface area contributed by atoms with E-state index in [9.17, 15) is 4.79 Å². The van der Waals surface area contributed by atoms with Crippen molar-refractivity contribution in [3.05, 3.63) is 29.8 Å². The van der Waals surface area contributed by atoms with Crippen molar-refractivity contribution >= 4 is 11.7 Å². The molecule has 0 aromatic heterocycles. The highest BCUT2D eigenvalue weighted by atomic mass is 16.2. The van der Waals surface area contributed by atoms with E-state index in [1.165, 1.54) is 0 Å². The van der Waals surface area contributed by atoms with E-state index in [0.717, 1.165) is 43.1 Å². The van der Waals surface area contributed by atoms with Gasteiger partial charge in [-0.15, -0.1) is 0 Å². The summed E-state index contributed by atoms with van der Waals surface area (Å²) in [4.78, 5) is 14.0. The molecule has 3 nitrogen and oxygen atoms in total. The molecule has 17 heavy (non-hydrogen) atoms. The molecule has 1 fully saturated rings. The molecule has 2 rings (SSSR count). The Morgan fingerprint density at radius 3 is 2.59 bits per heavy atom. The lowest BCUT2D eigenvalue weighted by atomic mass is 10.00. The molecule has 92 valence electrons. The lowest BCUT2D eigenvalue weighted by Crippen LogP contribution is -2.40. The Balaban J connectivity index is 1.95. The van der Waals surface area contributed by atoms with Crippen LogP contribution in [0.3, 0.4) is 0 Å². The molecular formula is C14H20N2O. The van der Waals surface area contributed by atoms with Crippen molar-refractivity contribution < 1.29 is 4.79 Å².